The standard InChI is InChI=1S/C15H15FN2O2S/c16-12-3-6-14(7-4-12)21(19,20)18-13-5-8-15-11(10-13)2-1-9-17-15/h3-8,10,17-18H,1-2,9H2. The number of nitrogens with one attached hydrogen (secondary N) is 2. The molecule has 0 saturated carbocycles. The fraction of sp³-hybridized carbons (Fsp3) is 0.200. The van der Waals surface area contributed by atoms with E-state index in [1.807, 2.05) is 12.1 Å². The molecule has 1 aliphatic heterocycles. The van der Waals surface area contributed by atoms with Crippen LogP contribution in [-0.4, -0.2) is 15.0 Å². The van der Waals surface area contributed by atoms with E-state index in [4.69, 9.17) is 0 Å². The first-order valence-electron chi connectivity index (χ1n) is 6.70. The molecule has 1 heterocycles. The van der Waals surface area contributed by atoms with Gasteiger partial charge in [0.15, 0.2) is 0 Å². The van der Waals surface area contributed by atoms with Crippen LogP contribution in [0.2, 0.25) is 0 Å². The van der Waals surface area contributed by atoms with Gasteiger partial charge < -0.3 is 5.32 Å². The average molecular weight is 306 g/mol. The molecule has 0 spiro atoms. The normalized spacial score (nSPS) is 14.1. The Hall–Kier alpha value is -2.08. The van der Waals surface area contributed by atoms with Crippen molar-refractivity contribution in [2.75, 3.05) is 16.6 Å². The molecule has 0 saturated heterocycles. The minimum atomic E-state index is -3.69. The zero-order valence-electron chi connectivity index (χ0n) is 11.3. The fourth-order valence-electron chi connectivity index (χ4n) is 2.37. The third kappa shape index (κ3) is 3.00. The summed E-state index contributed by atoms with van der Waals surface area (Å²) in [4.78, 5) is 0.0414. The van der Waals surface area contributed by atoms with Crippen LogP contribution in [0.3, 0.4) is 0 Å². The van der Waals surface area contributed by atoms with Gasteiger partial charge in [0.25, 0.3) is 10.0 Å². The minimum absolute atomic E-state index is 0.0414. The Morgan fingerprint density at radius 2 is 1.86 bits per heavy atom. The lowest BCUT2D eigenvalue weighted by atomic mass is 10.0. The topological polar surface area (TPSA) is 58.2 Å². The number of benzene rings is 2. The van der Waals surface area contributed by atoms with E-state index in [-0.39, 0.29) is 4.90 Å². The molecule has 1 aliphatic rings. The monoisotopic (exact) mass is 306 g/mol. The summed E-state index contributed by atoms with van der Waals surface area (Å²) in [6, 6.07) is 10.2. The third-order valence-corrected chi connectivity index (χ3v) is 4.82. The highest BCUT2D eigenvalue weighted by molar-refractivity contribution is 7.92. The van der Waals surface area contributed by atoms with E-state index in [9.17, 15) is 12.8 Å². The van der Waals surface area contributed by atoms with Gasteiger partial charge >= 0.3 is 0 Å². The van der Waals surface area contributed by atoms with Gasteiger partial charge in [-0.2, -0.15) is 0 Å². The summed E-state index contributed by atoms with van der Waals surface area (Å²) >= 11 is 0. The second kappa shape index (κ2) is 5.37. The number of sulfonamides is 1. The van der Waals surface area contributed by atoms with Crippen LogP contribution in [0.15, 0.2) is 47.4 Å². The summed E-state index contributed by atoms with van der Waals surface area (Å²) in [5, 5.41) is 3.27. The van der Waals surface area contributed by atoms with Crippen molar-refractivity contribution in [3.05, 3.63) is 53.8 Å². The molecule has 3 rings (SSSR count). The second-order valence-corrected chi connectivity index (χ2v) is 6.64. The molecule has 6 heteroatoms. The number of halogens is 1. The number of anilines is 2. The highest BCUT2D eigenvalue weighted by atomic mass is 32.2. The maximum atomic E-state index is 12.9. The summed E-state index contributed by atoms with van der Waals surface area (Å²) < 4.78 is 39.9. The quantitative estimate of drug-likeness (QED) is 0.916. The van der Waals surface area contributed by atoms with Crippen LogP contribution in [0.4, 0.5) is 15.8 Å². The molecule has 0 amide bonds. The number of rotatable bonds is 3. The maximum absolute atomic E-state index is 12.9. The molecule has 0 aliphatic carbocycles. The van der Waals surface area contributed by atoms with Gasteiger partial charge in [-0.25, -0.2) is 12.8 Å². The van der Waals surface area contributed by atoms with Crippen molar-refractivity contribution >= 4 is 21.4 Å². The molecule has 0 bridgehead atoms. The minimum Gasteiger partial charge on any atom is -0.385 e. The van der Waals surface area contributed by atoms with Crippen molar-refractivity contribution in [3.8, 4) is 0 Å². The van der Waals surface area contributed by atoms with Gasteiger partial charge in [-0.1, -0.05) is 0 Å². The van der Waals surface area contributed by atoms with Gasteiger partial charge in [-0.15, -0.1) is 0 Å². The number of hydrogen-bond acceptors (Lipinski definition) is 3. The molecule has 2 aromatic carbocycles. The predicted molar refractivity (Wildman–Crippen MR) is 80.5 cm³/mol. The van der Waals surface area contributed by atoms with Crippen LogP contribution >= 0.6 is 0 Å². The lowest BCUT2D eigenvalue weighted by Gasteiger charge is -2.19. The number of fused-ring (bicyclic) bond motifs is 1. The zero-order valence-corrected chi connectivity index (χ0v) is 12.1. The Balaban J connectivity index is 1.87. The predicted octanol–water partition coefficient (Wildman–Crippen LogP) is 2.98. The molecule has 110 valence electrons. The molecule has 2 N–H and O–H groups in total. The van der Waals surface area contributed by atoms with E-state index in [1.54, 1.807) is 6.07 Å². The first-order chi connectivity index (χ1) is 10.0. The van der Waals surface area contributed by atoms with Crippen LogP contribution in [0.5, 0.6) is 0 Å². The molecule has 0 fully saturated rings. The van der Waals surface area contributed by atoms with E-state index in [2.05, 4.69) is 10.0 Å². The summed E-state index contributed by atoms with van der Waals surface area (Å²) in [6.07, 6.45) is 1.95. The van der Waals surface area contributed by atoms with Crippen LogP contribution in [0.1, 0.15) is 12.0 Å². The average Bonchev–Trinajstić information content (AvgIpc) is 2.47. The fourth-order valence-corrected chi connectivity index (χ4v) is 3.42. The van der Waals surface area contributed by atoms with Crippen molar-refractivity contribution < 1.29 is 12.8 Å². The molecule has 0 unspecified atom stereocenters. The summed E-state index contributed by atoms with van der Waals surface area (Å²) in [7, 11) is -3.69. The zero-order chi connectivity index (χ0) is 14.9. The summed E-state index contributed by atoms with van der Waals surface area (Å²) in [5.74, 6) is -0.464. The van der Waals surface area contributed by atoms with Gasteiger partial charge in [0.05, 0.1) is 4.90 Å². The van der Waals surface area contributed by atoms with Crippen molar-refractivity contribution in [2.45, 2.75) is 17.7 Å². The van der Waals surface area contributed by atoms with Crippen molar-refractivity contribution in [2.24, 2.45) is 0 Å². The Labute approximate surface area is 123 Å². The largest absolute Gasteiger partial charge is 0.385 e. The van der Waals surface area contributed by atoms with Gasteiger partial charge in [-0.3, -0.25) is 4.72 Å². The Morgan fingerprint density at radius 3 is 2.62 bits per heavy atom. The molecular formula is C15H15FN2O2S. The van der Waals surface area contributed by atoms with Crippen LogP contribution in [0, 0.1) is 5.82 Å². The lowest BCUT2D eigenvalue weighted by Crippen LogP contribution is -2.15. The van der Waals surface area contributed by atoms with Gasteiger partial charge in [0, 0.05) is 17.9 Å². The molecule has 2 aromatic rings. The van der Waals surface area contributed by atoms with E-state index >= 15 is 0 Å². The second-order valence-electron chi connectivity index (χ2n) is 4.96. The molecule has 21 heavy (non-hydrogen) atoms. The van der Waals surface area contributed by atoms with E-state index in [0.29, 0.717) is 5.69 Å². The Bertz CT molecular complexity index is 758. The van der Waals surface area contributed by atoms with Gasteiger partial charge in [0.1, 0.15) is 5.82 Å². The van der Waals surface area contributed by atoms with E-state index < -0.39 is 15.8 Å². The maximum Gasteiger partial charge on any atom is 0.261 e. The molecule has 0 aromatic heterocycles. The molecule has 4 nitrogen and oxygen atoms in total. The highest BCUT2D eigenvalue weighted by Gasteiger charge is 2.16. The van der Waals surface area contributed by atoms with E-state index in [0.717, 1.165) is 42.8 Å². The first kappa shape index (κ1) is 13.9. The molecular weight excluding hydrogens is 291 g/mol. The van der Waals surface area contributed by atoms with E-state index in [1.165, 1.54) is 12.1 Å². The summed E-state index contributed by atoms with van der Waals surface area (Å²) in [6.45, 7) is 0.938. The highest BCUT2D eigenvalue weighted by Crippen LogP contribution is 2.26. The van der Waals surface area contributed by atoms with Gasteiger partial charge in [-0.05, 0) is 60.9 Å². The number of aryl methyl sites for hydroxylation is 1. The smallest absolute Gasteiger partial charge is 0.261 e. The lowest BCUT2D eigenvalue weighted by molar-refractivity contribution is 0.599. The SMILES string of the molecule is O=S(=O)(Nc1ccc2c(c1)CCCN2)c1ccc(F)cc1. The van der Waals surface area contributed by atoms with Gasteiger partial charge in [0.2, 0.25) is 0 Å². The Kier molecular flexibility index (Phi) is 3.55. The first-order valence-corrected chi connectivity index (χ1v) is 8.18. The summed E-state index contributed by atoms with van der Waals surface area (Å²) in [5.41, 5.74) is 2.66. The molecule has 0 radical (unpaired) electrons. The van der Waals surface area contributed by atoms with Crippen LogP contribution in [0.25, 0.3) is 0 Å². The Morgan fingerprint density at radius 1 is 1.10 bits per heavy atom. The van der Waals surface area contributed by atoms with Crippen LogP contribution < -0.4 is 10.0 Å². The molecule has 0 atom stereocenters. The third-order valence-electron chi connectivity index (χ3n) is 3.42. The van der Waals surface area contributed by atoms with Crippen molar-refractivity contribution in [1.29, 1.82) is 0 Å². The number of hydrogen-bond donors (Lipinski definition) is 2. The van der Waals surface area contributed by atoms with Crippen molar-refractivity contribution in [1.82, 2.24) is 0 Å². The van der Waals surface area contributed by atoms with Crippen molar-refractivity contribution in [3.63, 3.8) is 0 Å². The van der Waals surface area contributed by atoms with Crippen LogP contribution in [-0.2, 0) is 16.4 Å².